The van der Waals surface area contributed by atoms with Gasteiger partial charge in [-0.25, -0.2) is 12.8 Å². The second-order valence-electron chi connectivity index (χ2n) is 10.7. The van der Waals surface area contributed by atoms with E-state index >= 15 is 0 Å². The number of fused-ring (bicyclic) bond motifs is 1. The van der Waals surface area contributed by atoms with Crippen LogP contribution < -0.4 is 19.1 Å². The van der Waals surface area contributed by atoms with Gasteiger partial charge in [-0.1, -0.05) is 30.3 Å². The van der Waals surface area contributed by atoms with Crippen molar-refractivity contribution in [3.8, 4) is 11.5 Å². The molecular weight excluding hydrogens is 549 g/mol. The Balaban J connectivity index is 1.72. The fourth-order valence-corrected chi connectivity index (χ4v) is 5.71. The van der Waals surface area contributed by atoms with Gasteiger partial charge < -0.3 is 19.7 Å². The van der Waals surface area contributed by atoms with Crippen molar-refractivity contribution in [3.63, 3.8) is 0 Å². The Morgan fingerprint density at radius 2 is 1.59 bits per heavy atom. The zero-order chi connectivity index (χ0) is 29.8. The first-order chi connectivity index (χ1) is 19.3. The van der Waals surface area contributed by atoms with E-state index < -0.39 is 39.9 Å². The van der Waals surface area contributed by atoms with E-state index in [-0.39, 0.29) is 35.4 Å². The van der Waals surface area contributed by atoms with E-state index in [0.717, 1.165) is 22.0 Å². The van der Waals surface area contributed by atoms with Crippen LogP contribution in [0.4, 0.5) is 10.1 Å². The third kappa shape index (κ3) is 7.35. The summed E-state index contributed by atoms with van der Waals surface area (Å²) in [6.07, 6.45) is 0. The van der Waals surface area contributed by atoms with Gasteiger partial charge in [0.25, 0.3) is 10.0 Å². The van der Waals surface area contributed by atoms with Gasteiger partial charge in [0.1, 0.15) is 31.6 Å². The molecule has 0 radical (unpaired) electrons. The van der Waals surface area contributed by atoms with Gasteiger partial charge in [-0.15, -0.1) is 0 Å². The molecule has 4 rings (SSSR count). The molecule has 0 aliphatic carbocycles. The lowest BCUT2D eigenvalue weighted by atomic mass is 10.1. The molecule has 0 fully saturated rings. The van der Waals surface area contributed by atoms with E-state index in [1.54, 1.807) is 6.92 Å². The lowest BCUT2D eigenvalue weighted by Gasteiger charge is -2.33. The van der Waals surface area contributed by atoms with Crippen LogP contribution in [0.3, 0.4) is 0 Å². The molecule has 3 aromatic carbocycles. The molecule has 0 unspecified atom stereocenters. The molecule has 41 heavy (non-hydrogen) atoms. The number of carbonyl (C=O) groups excluding carboxylic acids is 2. The Morgan fingerprint density at radius 1 is 0.951 bits per heavy atom. The normalized spacial score (nSPS) is 13.7. The molecule has 1 N–H and O–H groups in total. The van der Waals surface area contributed by atoms with E-state index in [1.165, 1.54) is 35.2 Å². The maximum atomic E-state index is 14.0. The Hall–Kier alpha value is -4.12. The second-order valence-corrected chi connectivity index (χ2v) is 12.6. The lowest BCUT2D eigenvalue weighted by Crippen LogP contribution is -2.54. The van der Waals surface area contributed by atoms with Crippen molar-refractivity contribution in [3.05, 3.63) is 84.2 Å². The van der Waals surface area contributed by atoms with Crippen molar-refractivity contribution >= 4 is 27.5 Å². The maximum Gasteiger partial charge on any atom is 0.264 e. The molecule has 3 aromatic rings. The minimum atomic E-state index is -4.35. The van der Waals surface area contributed by atoms with Gasteiger partial charge in [-0.05, 0) is 69.7 Å². The predicted octanol–water partition coefficient (Wildman–Crippen LogP) is 4.12. The third-order valence-electron chi connectivity index (χ3n) is 6.36. The highest BCUT2D eigenvalue weighted by molar-refractivity contribution is 7.92. The third-order valence-corrected chi connectivity index (χ3v) is 8.13. The van der Waals surface area contributed by atoms with Gasteiger partial charge in [0.15, 0.2) is 11.5 Å². The van der Waals surface area contributed by atoms with Crippen LogP contribution >= 0.6 is 0 Å². The van der Waals surface area contributed by atoms with Gasteiger partial charge in [0, 0.05) is 18.2 Å². The summed E-state index contributed by atoms with van der Waals surface area (Å²) in [7, 11) is -4.35. The minimum absolute atomic E-state index is 0.0692. The van der Waals surface area contributed by atoms with Crippen molar-refractivity contribution in [2.75, 3.05) is 24.1 Å². The van der Waals surface area contributed by atoms with Crippen LogP contribution in [0.1, 0.15) is 33.3 Å². The molecular formula is C30H34FN3O6S. The number of halogens is 1. The molecule has 0 saturated heterocycles. The number of hydrogen-bond donors (Lipinski definition) is 1. The molecule has 1 aliphatic heterocycles. The number of ether oxygens (including phenoxy) is 2. The zero-order valence-electron chi connectivity index (χ0n) is 23.5. The molecule has 0 aromatic heterocycles. The van der Waals surface area contributed by atoms with E-state index in [2.05, 4.69) is 5.32 Å². The van der Waals surface area contributed by atoms with E-state index in [1.807, 2.05) is 51.1 Å². The summed E-state index contributed by atoms with van der Waals surface area (Å²) in [4.78, 5) is 28.3. The fraction of sp³-hybridized carbons (Fsp3) is 0.333. The summed E-state index contributed by atoms with van der Waals surface area (Å²) in [5.41, 5.74) is 0.300. The largest absolute Gasteiger partial charge is 0.486 e. The Labute approximate surface area is 239 Å². The molecule has 9 nitrogen and oxygen atoms in total. The highest BCUT2D eigenvalue weighted by Gasteiger charge is 2.34. The molecule has 218 valence electrons. The number of nitrogens with zero attached hydrogens (tertiary/aromatic N) is 2. The SMILES string of the molecule is C[C@H](C(=O)NC(C)(C)C)N(Cc1ccccc1)C(=O)CN(c1ccc(F)cc1)S(=O)(=O)c1ccc2c(c1)OCCO2. The number of amides is 2. The number of anilines is 1. The van der Waals surface area contributed by atoms with E-state index in [4.69, 9.17) is 9.47 Å². The predicted molar refractivity (Wildman–Crippen MR) is 153 cm³/mol. The van der Waals surface area contributed by atoms with Gasteiger partial charge in [0.05, 0.1) is 10.6 Å². The average Bonchev–Trinajstić information content (AvgIpc) is 2.94. The maximum absolute atomic E-state index is 14.0. The molecule has 11 heteroatoms. The Morgan fingerprint density at radius 3 is 2.22 bits per heavy atom. The lowest BCUT2D eigenvalue weighted by molar-refractivity contribution is -0.140. The first-order valence-corrected chi connectivity index (χ1v) is 14.6. The summed E-state index contributed by atoms with van der Waals surface area (Å²) in [6.45, 7) is 7.13. The van der Waals surface area contributed by atoms with Crippen LogP contribution in [0.15, 0.2) is 77.7 Å². The van der Waals surface area contributed by atoms with Crippen LogP contribution in [-0.4, -0.2) is 56.5 Å². The first-order valence-electron chi connectivity index (χ1n) is 13.2. The molecule has 0 saturated carbocycles. The van der Waals surface area contributed by atoms with Crippen LogP contribution in [0.25, 0.3) is 0 Å². The van der Waals surface area contributed by atoms with Crippen LogP contribution in [0.2, 0.25) is 0 Å². The molecule has 0 bridgehead atoms. The van der Waals surface area contributed by atoms with Gasteiger partial charge in [-0.3, -0.25) is 13.9 Å². The molecule has 1 atom stereocenters. The van der Waals surface area contributed by atoms with Crippen LogP contribution in [0.5, 0.6) is 11.5 Å². The number of carbonyl (C=O) groups is 2. The smallest absolute Gasteiger partial charge is 0.264 e. The fourth-order valence-electron chi connectivity index (χ4n) is 4.28. The van der Waals surface area contributed by atoms with E-state index in [9.17, 15) is 22.4 Å². The van der Waals surface area contributed by atoms with Crippen molar-refractivity contribution < 1.29 is 31.9 Å². The summed E-state index contributed by atoms with van der Waals surface area (Å²) >= 11 is 0. The van der Waals surface area contributed by atoms with Crippen LogP contribution in [-0.2, 0) is 26.2 Å². The molecule has 1 heterocycles. The van der Waals surface area contributed by atoms with Gasteiger partial charge in [-0.2, -0.15) is 0 Å². The number of rotatable bonds is 9. The molecule has 2 amide bonds. The summed E-state index contributed by atoms with van der Waals surface area (Å²) in [5.74, 6) is -0.885. The minimum Gasteiger partial charge on any atom is -0.486 e. The summed E-state index contributed by atoms with van der Waals surface area (Å²) in [6, 6.07) is 17.2. The van der Waals surface area contributed by atoms with Crippen LogP contribution in [0, 0.1) is 5.82 Å². The Kier molecular flexibility index (Phi) is 8.86. The highest BCUT2D eigenvalue weighted by atomic mass is 32.2. The van der Waals surface area contributed by atoms with Crippen molar-refractivity contribution in [2.45, 2.75) is 50.7 Å². The van der Waals surface area contributed by atoms with Gasteiger partial charge >= 0.3 is 0 Å². The topological polar surface area (TPSA) is 105 Å². The van der Waals surface area contributed by atoms with Crippen molar-refractivity contribution in [2.24, 2.45) is 0 Å². The standard InChI is InChI=1S/C30H34FN3O6S/c1-21(29(36)32-30(2,3)4)33(19-22-8-6-5-7-9-22)28(35)20-34(24-12-10-23(31)11-13-24)41(37,38)25-14-15-26-27(18-25)40-17-16-39-26/h5-15,18,21H,16-17,19-20H2,1-4H3,(H,32,36)/t21-/m1/s1. The monoisotopic (exact) mass is 583 g/mol. The van der Waals surface area contributed by atoms with E-state index in [0.29, 0.717) is 12.4 Å². The summed E-state index contributed by atoms with van der Waals surface area (Å²) < 4.78 is 53.8. The highest BCUT2D eigenvalue weighted by Crippen LogP contribution is 2.34. The molecule has 0 spiro atoms. The first kappa shape index (κ1) is 29.9. The van der Waals surface area contributed by atoms with Gasteiger partial charge in [0.2, 0.25) is 11.8 Å². The number of nitrogens with one attached hydrogen (secondary N) is 1. The quantitative estimate of drug-likeness (QED) is 0.406. The Bertz CT molecular complexity index is 1490. The second kappa shape index (κ2) is 12.2. The summed E-state index contributed by atoms with van der Waals surface area (Å²) in [5, 5.41) is 2.88. The molecule has 1 aliphatic rings. The average molecular weight is 584 g/mol. The zero-order valence-corrected chi connectivity index (χ0v) is 24.3. The number of hydrogen-bond acceptors (Lipinski definition) is 6. The number of benzene rings is 3. The van der Waals surface area contributed by atoms with Crippen molar-refractivity contribution in [1.82, 2.24) is 10.2 Å². The number of sulfonamides is 1. The van der Waals surface area contributed by atoms with Crippen molar-refractivity contribution in [1.29, 1.82) is 0 Å².